The second kappa shape index (κ2) is 6.94. The number of halogens is 3. The monoisotopic (exact) mass is 402 g/mol. The van der Waals surface area contributed by atoms with E-state index in [9.17, 15) is 26.4 Å². The van der Waals surface area contributed by atoms with Crippen LogP contribution in [0.15, 0.2) is 29.1 Å². The van der Waals surface area contributed by atoms with Gasteiger partial charge in [-0.1, -0.05) is 11.6 Å². The van der Waals surface area contributed by atoms with Crippen LogP contribution in [0.4, 0.5) is 13.2 Å². The zero-order chi connectivity index (χ0) is 20.0. The van der Waals surface area contributed by atoms with E-state index in [0.717, 1.165) is 10.1 Å². The van der Waals surface area contributed by atoms with Gasteiger partial charge in [0.1, 0.15) is 5.69 Å². The molecule has 148 valence electrons. The highest BCUT2D eigenvalue weighted by Gasteiger charge is 2.38. The van der Waals surface area contributed by atoms with E-state index < -0.39 is 33.4 Å². The molecule has 0 unspecified atom stereocenters. The molecule has 1 saturated heterocycles. The fraction of sp³-hybridized carbons (Fsp3) is 0.500. The maximum Gasteiger partial charge on any atom is 0.431 e. The second-order valence-electron chi connectivity index (χ2n) is 6.83. The highest BCUT2D eigenvalue weighted by Crippen LogP contribution is 2.32. The summed E-state index contributed by atoms with van der Waals surface area (Å²) in [6.07, 6.45) is -3.64. The summed E-state index contributed by atoms with van der Waals surface area (Å²) in [6, 6.07) is 4.74. The number of alkyl halides is 3. The first-order chi connectivity index (χ1) is 12.5. The third-order valence-electron chi connectivity index (χ3n) is 5.00. The topological polar surface area (TPSA) is 59.4 Å². The number of rotatable bonds is 4. The molecular formula is C18H21F3N2O3S. The predicted octanol–water partition coefficient (Wildman–Crippen LogP) is 3.14. The first-order valence-electron chi connectivity index (χ1n) is 8.75. The van der Waals surface area contributed by atoms with Crippen molar-refractivity contribution in [3.8, 4) is 0 Å². The van der Waals surface area contributed by atoms with E-state index >= 15 is 0 Å². The van der Waals surface area contributed by atoms with E-state index in [2.05, 4.69) is 0 Å². The summed E-state index contributed by atoms with van der Waals surface area (Å²) in [4.78, 5) is 12.2. The number of pyridine rings is 1. The van der Waals surface area contributed by atoms with Crippen LogP contribution in [-0.2, 0) is 22.7 Å². The van der Waals surface area contributed by atoms with Crippen LogP contribution in [-0.4, -0.2) is 35.6 Å². The number of hydrogen-bond acceptors (Lipinski definition) is 3. The maximum atomic E-state index is 13.6. The minimum atomic E-state index is -4.72. The van der Waals surface area contributed by atoms with Crippen LogP contribution >= 0.6 is 0 Å². The Morgan fingerprint density at radius 1 is 1.22 bits per heavy atom. The Morgan fingerprint density at radius 3 is 2.56 bits per heavy atom. The van der Waals surface area contributed by atoms with Gasteiger partial charge < -0.3 is 4.57 Å². The Bertz CT molecular complexity index is 1030. The lowest BCUT2D eigenvalue weighted by Gasteiger charge is -2.27. The molecule has 1 atom stereocenters. The van der Waals surface area contributed by atoms with Crippen LogP contribution in [0, 0.1) is 6.92 Å². The minimum Gasteiger partial charge on any atom is -0.335 e. The molecule has 1 fully saturated rings. The van der Waals surface area contributed by atoms with Gasteiger partial charge in [0.15, 0.2) is 5.43 Å². The number of fused-ring (bicyclic) bond motifs is 1. The summed E-state index contributed by atoms with van der Waals surface area (Å²) >= 11 is 0. The molecule has 0 aliphatic carbocycles. The first kappa shape index (κ1) is 19.9. The maximum absolute atomic E-state index is 13.6. The summed E-state index contributed by atoms with van der Waals surface area (Å²) in [5, 5.41) is 0.200. The summed E-state index contributed by atoms with van der Waals surface area (Å²) in [6.45, 7) is 3.43. The normalized spacial score (nSPS) is 19.1. The molecule has 1 aliphatic heterocycles. The number of sulfonamides is 1. The van der Waals surface area contributed by atoms with Crippen molar-refractivity contribution in [2.45, 2.75) is 45.5 Å². The van der Waals surface area contributed by atoms with Crippen molar-refractivity contribution in [3.63, 3.8) is 0 Å². The molecule has 0 amide bonds. The molecule has 1 aromatic carbocycles. The van der Waals surface area contributed by atoms with Gasteiger partial charge in [-0.3, -0.25) is 4.79 Å². The predicted molar refractivity (Wildman–Crippen MR) is 97.1 cm³/mol. The van der Waals surface area contributed by atoms with Crippen molar-refractivity contribution in [2.75, 3.05) is 12.3 Å². The van der Waals surface area contributed by atoms with Gasteiger partial charge in [0.25, 0.3) is 0 Å². The minimum absolute atomic E-state index is 0.0975. The van der Waals surface area contributed by atoms with E-state index in [1.807, 2.05) is 0 Å². The van der Waals surface area contributed by atoms with Crippen LogP contribution < -0.4 is 5.43 Å². The number of aromatic nitrogens is 1. The zero-order valence-corrected chi connectivity index (χ0v) is 15.9. The fourth-order valence-corrected chi connectivity index (χ4v) is 5.02. The van der Waals surface area contributed by atoms with Gasteiger partial charge in [-0.2, -0.15) is 17.5 Å². The van der Waals surface area contributed by atoms with E-state index in [-0.39, 0.29) is 23.2 Å². The molecule has 1 aromatic heterocycles. The summed E-state index contributed by atoms with van der Waals surface area (Å²) in [5.74, 6) is -0.0975. The summed E-state index contributed by atoms with van der Waals surface area (Å²) in [7, 11) is -3.51. The van der Waals surface area contributed by atoms with Gasteiger partial charge in [0, 0.05) is 30.6 Å². The SMILES string of the molecule is CCS(=O)(=O)N1CCC[C@@H]1Cn1c(C(F)(F)F)cc(=O)c2cc(C)ccc21. The van der Waals surface area contributed by atoms with Gasteiger partial charge in [0.05, 0.1) is 11.3 Å². The molecule has 3 rings (SSSR count). The molecular weight excluding hydrogens is 381 g/mol. The number of hydrogen-bond donors (Lipinski definition) is 0. The number of benzene rings is 1. The van der Waals surface area contributed by atoms with Crippen molar-refractivity contribution in [2.24, 2.45) is 0 Å². The van der Waals surface area contributed by atoms with Crippen molar-refractivity contribution < 1.29 is 21.6 Å². The van der Waals surface area contributed by atoms with Gasteiger partial charge in [-0.15, -0.1) is 0 Å². The largest absolute Gasteiger partial charge is 0.431 e. The highest BCUT2D eigenvalue weighted by atomic mass is 32.2. The summed E-state index contributed by atoms with van der Waals surface area (Å²) in [5.41, 5.74) is -0.811. The van der Waals surface area contributed by atoms with Crippen molar-refractivity contribution in [1.82, 2.24) is 8.87 Å². The standard InChI is InChI=1S/C18H21F3N2O3S/c1-3-27(25,26)23-8-4-5-13(23)11-22-15-7-6-12(2)9-14(15)16(24)10-17(22)18(19,20)21/h6-7,9-10,13H,3-5,8,11H2,1-2H3/t13-/m1/s1. The molecule has 9 heteroatoms. The van der Waals surface area contributed by atoms with Crippen molar-refractivity contribution in [1.29, 1.82) is 0 Å². The molecule has 2 heterocycles. The molecule has 27 heavy (non-hydrogen) atoms. The molecule has 0 saturated carbocycles. The quantitative estimate of drug-likeness (QED) is 0.790. The smallest absolute Gasteiger partial charge is 0.335 e. The van der Waals surface area contributed by atoms with Gasteiger partial charge >= 0.3 is 6.18 Å². The average Bonchev–Trinajstić information content (AvgIpc) is 3.05. The average molecular weight is 402 g/mol. The van der Waals surface area contributed by atoms with Crippen molar-refractivity contribution in [3.05, 3.63) is 45.7 Å². The van der Waals surface area contributed by atoms with Crippen LogP contribution in [0.3, 0.4) is 0 Å². The Labute approximate surface area is 155 Å². The molecule has 0 N–H and O–H groups in total. The van der Waals surface area contributed by atoms with Gasteiger partial charge in [0.2, 0.25) is 10.0 Å². The van der Waals surface area contributed by atoms with E-state index in [4.69, 9.17) is 0 Å². The molecule has 1 aliphatic rings. The molecule has 0 bridgehead atoms. The Morgan fingerprint density at radius 2 is 1.93 bits per heavy atom. The van der Waals surface area contributed by atoms with Crippen LogP contribution in [0.2, 0.25) is 0 Å². The van der Waals surface area contributed by atoms with Crippen LogP contribution in [0.25, 0.3) is 10.9 Å². The fourth-order valence-electron chi connectivity index (χ4n) is 3.66. The first-order valence-corrected chi connectivity index (χ1v) is 10.4. The Balaban J connectivity index is 2.18. The van der Waals surface area contributed by atoms with E-state index in [0.29, 0.717) is 25.5 Å². The molecule has 2 aromatic rings. The van der Waals surface area contributed by atoms with E-state index in [1.54, 1.807) is 19.1 Å². The third kappa shape index (κ3) is 3.75. The molecule has 5 nitrogen and oxygen atoms in total. The van der Waals surface area contributed by atoms with Crippen LogP contribution in [0.5, 0.6) is 0 Å². The number of nitrogens with zero attached hydrogens (tertiary/aromatic N) is 2. The zero-order valence-electron chi connectivity index (χ0n) is 15.1. The Kier molecular flexibility index (Phi) is 5.11. The lowest BCUT2D eigenvalue weighted by atomic mass is 10.1. The summed E-state index contributed by atoms with van der Waals surface area (Å²) < 4.78 is 67.8. The molecule has 0 radical (unpaired) electrons. The highest BCUT2D eigenvalue weighted by molar-refractivity contribution is 7.89. The molecule has 0 spiro atoms. The lowest BCUT2D eigenvalue weighted by molar-refractivity contribution is -0.143. The van der Waals surface area contributed by atoms with Crippen molar-refractivity contribution >= 4 is 20.9 Å². The van der Waals surface area contributed by atoms with Gasteiger partial charge in [-0.05, 0) is 38.8 Å². The Hall–Kier alpha value is -1.87. The second-order valence-corrected chi connectivity index (χ2v) is 9.04. The van der Waals surface area contributed by atoms with Crippen LogP contribution in [0.1, 0.15) is 31.0 Å². The third-order valence-corrected chi connectivity index (χ3v) is 6.92. The number of aryl methyl sites for hydroxylation is 1. The van der Waals surface area contributed by atoms with E-state index in [1.165, 1.54) is 17.3 Å². The lowest BCUT2D eigenvalue weighted by Crippen LogP contribution is -2.40. The van der Waals surface area contributed by atoms with Gasteiger partial charge in [-0.25, -0.2) is 8.42 Å².